The Hall–Kier alpha value is -3.97. The number of aliphatic hydroxyl groups is 1. The normalized spacial score (nSPS) is 13.7. The predicted molar refractivity (Wildman–Crippen MR) is 156 cm³/mol. The van der Waals surface area contributed by atoms with Crippen LogP contribution in [0, 0.1) is 0 Å². The van der Waals surface area contributed by atoms with Crippen molar-refractivity contribution in [2.75, 3.05) is 29.9 Å². The van der Waals surface area contributed by atoms with Gasteiger partial charge in [0.15, 0.2) is 0 Å². The van der Waals surface area contributed by atoms with Crippen LogP contribution in [0.1, 0.15) is 24.2 Å². The lowest BCUT2D eigenvalue weighted by Crippen LogP contribution is -2.50. The van der Waals surface area contributed by atoms with Crippen LogP contribution < -0.4 is 20.1 Å². The Balaban J connectivity index is 1.59. The molecule has 1 heterocycles. The molecule has 0 fully saturated rings. The molecule has 0 radical (unpaired) electrons. The van der Waals surface area contributed by atoms with Crippen LogP contribution in [0.15, 0.2) is 78.3 Å². The summed E-state index contributed by atoms with van der Waals surface area (Å²) in [5.74, 6) is -0.0271. The van der Waals surface area contributed by atoms with Gasteiger partial charge in [0, 0.05) is 29.4 Å². The minimum Gasteiger partial charge on any atom is -0.506 e. The van der Waals surface area contributed by atoms with E-state index in [1.807, 2.05) is 23.6 Å². The third-order valence-electron chi connectivity index (χ3n) is 6.27. The van der Waals surface area contributed by atoms with E-state index in [1.165, 1.54) is 29.5 Å². The summed E-state index contributed by atoms with van der Waals surface area (Å²) in [4.78, 5) is 18.1. The van der Waals surface area contributed by atoms with Gasteiger partial charge in [-0.2, -0.15) is 0 Å². The number of hydrogen-bond donors (Lipinski definition) is 5. The molecule has 0 saturated carbocycles. The third-order valence-corrected chi connectivity index (χ3v) is 7.68. The lowest BCUT2D eigenvalue weighted by Gasteiger charge is -2.31. The summed E-state index contributed by atoms with van der Waals surface area (Å²) < 4.78 is 30.8. The maximum Gasteiger partial charge on any atom is 0.249 e. The number of benzene rings is 3. The minimum atomic E-state index is -3.65. The molecule has 2 unspecified atom stereocenters. The Bertz CT molecular complexity index is 1580. The number of hydrogen-bond acceptors (Lipinski definition) is 9. The first-order chi connectivity index (χ1) is 19.0. The van der Waals surface area contributed by atoms with Crippen LogP contribution in [-0.4, -0.2) is 49.4 Å². The number of aliphatic hydroxyl groups excluding tert-OH is 1. The second-order valence-electron chi connectivity index (χ2n) is 9.27. The zero-order chi connectivity index (χ0) is 28.9. The molecule has 10 nitrogen and oxygen atoms in total. The van der Waals surface area contributed by atoms with Crippen molar-refractivity contribution in [1.82, 2.24) is 10.3 Å². The summed E-state index contributed by atoms with van der Waals surface area (Å²) >= 11 is 1.49. The number of thiazole rings is 1. The van der Waals surface area contributed by atoms with Crippen LogP contribution in [-0.2, 0) is 20.4 Å². The Morgan fingerprint density at radius 2 is 1.88 bits per heavy atom. The van der Waals surface area contributed by atoms with E-state index < -0.39 is 21.7 Å². The van der Waals surface area contributed by atoms with Crippen LogP contribution in [0.2, 0.25) is 0 Å². The number of aromatic nitrogens is 1. The van der Waals surface area contributed by atoms with Crippen LogP contribution in [0.4, 0.5) is 11.4 Å². The van der Waals surface area contributed by atoms with E-state index in [-0.39, 0.29) is 23.9 Å². The van der Waals surface area contributed by atoms with Crippen molar-refractivity contribution in [3.63, 3.8) is 0 Å². The van der Waals surface area contributed by atoms with Crippen molar-refractivity contribution in [2.24, 2.45) is 0 Å². The fraction of sp³-hybridized carbons (Fsp3) is 0.214. The van der Waals surface area contributed by atoms with Gasteiger partial charge < -0.3 is 20.3 Å². The van der Waals surface area contributed by atoms with Gasteiger partial charge in [-0.15, -0.1) is 11.3 Å². The quantitative estimate of drug-likeness (QED) is 0.166. The van der Waals surface area contributed by atoms with Gasteiger partial charge in [-0.3, -0.25) is 14.8 Å². The molecule has 5 N–H and O–H groups in total. The van der Waals surface area contributed by atoms with E-state index in [9.17, 15) is 23.4 Å². The first-order valence-corrected chi connectivity index (χ1v) is 15.0. The lowest BCUT2D eigenvalue weighted by atomic mass is 9.90. The Labute approximate surface area is 236 Å². The molecule has 0 aliphatic rings. The number of rotatable bonds is 11. The van der Waals surface area contributed by atoms with Gasteiger partial charge in [-0.05, 0) is 54.4 Å². The zero-order valence-electron chi connectivity index (χ0n) is 22.1. The molecular formula is C28H30N4O6S2. The van der Waals surface area contributed by atoms with Crippen molar-refractivity contribution < 1.29 is 28.2 Å². The van der Waals surface area contributed by atoms with Crippen LogP contribution in [0.3, 0.4) is 0 Å². The predicted octanol–water partition coefficient (Wildman–Crippen LogP) is 4.07. The standard InChI is InChI=1S/C28H30N4O6S2/c1-28(20-8-10-22(38-2)11-9-20,27(35)31-21-6-4-5-19(15-21)26-29-13-14-39-26)30-17-25(34)18-7-12-24(33)23(16-18)32-40(3,36)37/h4-16,25,30,32-34H,17H2,1-3H3,(H,31,35). The molecule has 12 heteroatoms. The van der Waals surface area contributed by atoms with Crippen molar-refractivity contribution >= 4 is 38.6 Å². The summed E-state index contributed by atoms with van der Waals surface area (Å²) in [7, 11) is -2.10. The average molecular weight is 583 g/mol. The number of ether oxygens (including phenoxy) is 1. The van der Waals surface area contributed by atoms with E-state index in [4.69, 9.17) is 4.74 Å². The number of aromatic hydroxyl groups is 1. The summed E-state index contributed by atoms with van der Waals surface area (Å²) in [5.41, 5.74) is 1.05. The Morgan fingerprint density at radius 3 is 2.52 bits per heavy atom. The molecule has 0 saturated heterocycles. The van der Waals surface area contributed by atoms with E-state index >= 15 is 0 Å². The number of methoxy groups -OCH3 is 1. The van der Waals surface area contributed by atoms with E-state index in [2.05, 4.69) is 20.3 Å². The second kappa shape index (κ2) is 12.0. The highest BCUT2D eigenvalue weighted by Crippen LogP contribution is 2.30. The summed E-state index contributed by atoms with van der Waals surface area (Å²) in [6.45, 7) is 1.63. The zero-order valence-corrected chi connectivity index (χ0v) is 23.7. The fourth-order valence-corrected chi connectivity index (χ4v) is 5.25. The van der Waals surface area contributed by atoms with Crippen molar-refractivity contribution in [3.05, 3.63) is 89.4 Å². The van der Waals surface area contributed by atoms with Crippen LogP contribution >= 0.6 is 11.3 Å². The number of anilines is 2. The molecule has 0 spiro atoms. The smallest absolute Gasteiger partial charge is 0.249 e. The minimum absolute atomic E-state index is 0.0604. The maximum absolute atomic E-state index is 13.8. The van der Waals surface area contributed by atoms with E-state index in [0.717, 1.165) is 16.8 Å². The van der Waals surface area contributed by atoms with Gasteiger partial charge in [-0.1, -0.05) is 30.3 Å². The van der Waals surface area contributed by atoms with Crippen LogP contribution in [0.5, 0.6) is 11.5 Å². The molecule has 40 heavy (non-hydrogen) atoms. The van der Waals surface area contributed by atoms with Crippen molar-refractivity contribution in [1.29, 1.82) is 0 Å². The van der Waals surface area contributed by atoms with Gasteiger partial charge in [-0.25, -0.2) is 13.4 Å². The van der Waals surface area contributed by atoms with Crippen molar-refractivity contribution in [3.8, 4) is 22.1 Å². The third kappa shape index (κ3) is 6.96. The first kappa shape index (κ1) is 29.0. The van der Waals surface area contributed by atoms with Gasteiger partial charge in [0.05, 0.1) is 25.2 Å². The van der Waals surface area contributed by atoms with Gasteiger partial charge in [0.25, 0.3) is 0 Å². The number of carbonyl (C=O) groups excluding carboxylic acids is 1. The number of amides is 1. The summed E-state index contributed by atoms with van der Waals surface area (Å²) in [6.07, 6.45) is 1.54. The van der Waals surface area contributed by atoms with E-state index in [1.54, 1.807) is 50.6 Å². The Kier molecular flexibility index (Phi) is 8.74. The largest absolute Gasteiger partial charge is 0.506 e. The molecule has 3 aromatic carbocycles. The molecule has 4 rings (SSSR count). The highest BCUT2D eigenvalue weighted by molar-refractivity contribution is 7.92. The SMILES string of the molecule is COc1ccc(C(C)(NCC(O)c2ccc(O)c(NS(C)(=O)=O)c2)C(=O)Nc2cccc(-c3nccs3)c2)cc1. The second-order valence-corrected chi connectivity index (χ2v) is 11.9. The molecular weight excluding hydrogens is 552 g/mol. The first-order valence-electron chi connectivity index (χ1n) is 12.2. The van der Waals surface area contributed by atoms with Crippen molar-refractivity contribution in [2.45, 2.75) is 18.6 Å². The number of phenols is 1. The molecule has 210 valence electrons. The molecule has 1 aromatic heterocycles. The van der Waals surface area contributed by atoms with Gasteiger partial charge >= 0.3 is 0 Å². The van der Waals surface area contributed by atoms with Gasteiger partial charge in [0.2, 0.25) is 15.9 Å². The summed E-state index contributed by atoms with van der Waals surface area (Å²) in [6, 6.07) is 18.5. The number of phenolic OH excluding ortho intramolecular Hbond substituents is 1. The highest BCUT2D eigenvalue weighted by Gasteiger charge is 2.36. The topological polar surface area (TPSA) is 150 Å². The maximum atomic E-state index is 13.8. The molecule has 0 aliphatic heterocycles. The number of nitrogens with zero attached hydrogens (tertiary/aromatic N) is 1. The molecule has 1 amide bonds. The molecule has 0 bridgehead atoms. The molecule has 2 atom stereocenters. The van der Waals surface area contributed by atoms with Crippen LogP contribution in [0.25, 0.3) is 10.6 Å². The molecule has 4 aromatic rings. The number of nitrogens with one attached hydrogen (secondary N) is 3. The lowest BCUT2D eigenvalue weighted by molar-refractivity contribution is -0.122. The van der Waals surface area contributed by atoms with E-state index in [0.29, 0.717) is 22.6 Å². The fourth-order valence-electron chi connectivity index (χ4n) is 4.05. The summed E-state index contributed by atoms with van der Waals surface area (Å²) in [5, 5.41) is 29.9. The molecule has 0 aliphatic carbocycles. The average Bonchev–Trinajstić information content (AvgIpc) is 3.47. The Morgan fingerprint density at radius 1 is 1.12 bits per heavy atom. The van der Waals surface area contributed by atoms with Gasteiger partial charge in [0.1, 0.15) is 22.0 Å². The number of sulfonamides is 1. The highest BCUT2D eigenvalue weighted by atomic mass is 32.2. The number of carbonyl (C=O) groups is 1. The monoisotopic (exact) mass is 582 g/mol.